The Labute approximate surface area is 186 Å². The first-order valence-electron chi connectivity index (χ1n) is 10.9. The van der Waals surface area contributed by atoms with Crippen LogP contribution in [-0.4, -0.2) is 53.7 Å². The molecule has 1 saturated heterocycles. The molecule has 2 unspecified atom stereocenters. The van der Waals surface area contributed by atoms with Gasteiger partial charge in [0.15, 0.2) is 5.54 Å². The van der Waals surface area contributed by atoms with Crippen LogP contribution in [0.15, 0.2) is 48.5 Å². The average Bonchev–Trinajstić information content (AvgIpc) is 3.11. The summed E-state index contributed by atoms with van der Waals surface area (Å²) < 4.78 is -0.0267. The number of aromatic nitrogens is 4. The van der Waals surface area contributed by atoms with Crippen molar-refractivity contribution in [1.29, 1.82) is 0 Å². The maximum atomic E-state index is 13.2. The van der Waals surface area contributed by atoms with E-state index in [9.17, 15) is 14.7 Å². The molecule has 166 valence electrons. The molecule has 1 amide bonds. The van der Waals surface area contributed by atoms with E-state index in [0.29, 0.717) is 18.8 Å². The molecule has 1 aliphatic heterocycles. The van der Waals surface area contributed by atoms with E-state index < -0.39 is 17.6 Å². The van der Waals surface area contributed by atoms with Gasteiger partial charge in [0, 0.05) is 11.1 Å². The third kappa shape index (κ3) is 3.50. The highest BCUT2D eigenvalue weighted by Gasteiger charge is 2.80. The summed E-state index contributed by atoms with van der Waals surface area (Å²) in [6, 6.07) is 15.0. The van der Waals surface area contributed by atoms with Gasteiger partial charge in [-0.15, -0.1) is 10.2 Å². The summed E-state index contributed by atoms with van der Waals surface area (Å²) in [5.41, 5.74) is 3.13. The van der Waals surface area contributed by atoms with Crippen molar-refractivity contribution in [2.75, 3.05) is 0 Å². The molecule has 2 heterocycles. The van der Waals surface area contributed by atoms with Crippen molar-refractivity contribution < 1.29 is 19.2 Å². The molecule has 1 aromatic heterocycles. The van der Waals surface area contributed by atoms with Crippen molar-refractivity contribution in [2.45, 2.75) is 58.2 Å². The molecule has 2 atom stereocenters. The molecule has 0 spiro atoms. The number of quaternary nitrogens is 1. The van der Waals surface area contributed by atoms with Crippen LogP contribution in [0.25, 0.3) is 22.5 Å². The molecule has 0 saturated carbocycles. The van der Waals surface area contributed by atoms with Gasteiger partial charge < -0.3 is 5.11 Å². The van der Waals surface area contributed by atoms with Crippen molar-refractivity contribution >= 4 is 11.9 Å². The molecule has 0 radical (unpaired) electrons. The van der Waals surface area contributed by atoms with Crippen molar-refractivity contribution in [3.8, 4) is 22.5 Å². The van der Waals surface area contributed by atoms with E-state index in [1.54, 1.807) is 0 Å². The van der Waals surface area contributed by atoms with Gasteiger partial charge in [-0.1, -0.05) is 61.9 Å². The number of rotatable bonds is 8. The first kappa shape index (κ1) is 21.8. The molecule has 4 rings (SSSR count). The zero-order valence-electron chi connectivity index (χ0n) is 18.6. The number of nitrogens with zero attached hydrogens (tertiary/aromatic N) is 4. The summed E-state index contributed by atoms with van der Waals surface area (Å²) in [6.07, 6.45) is 2.07. The molecular weight excluding hydrogens is 406 g/mol. The van der Waals surface area contributed by atoms with Crippen LogP contribution >= 0.6 is 0 Å². The molecule has 1 fully saturated rings. The van der Waals surface area contributed by atoms with Crippen LogP contribution in [0.3, 0.4) is 0 Å². The lowest BCUT2D eigenvalue weighted by Crippen LogP contribution is -2.40. The minimum atomic E-state index is -0.912. The Morgan fingerprint density at radius 2 is 1.78 bits per heavy atom. The van der Waals surface area contributed by atoms with E-state index in [2.05, 4.69) is 20.6 Å². The van der Waals surface area contributed by atoms with Crippen LogP contribution in [-0.2, 0) is 16.1 Å². The van der Waals surface area contributed by atoms with Crippen LogP contribution in [0, 0.1) is 0 Å². The quantitative estimate of drug-likeness (QED) is 0.412. The first-order chi connectivity index (χ1) is 15.3. The summed E-state index contributed by atoms with van der Waals surface area (Å²) in [4.78, 5) is 25.1. The molecular formula is C24H28N5O3+. The summed E-state index contributed by atoms with van der Waals surface area (Å²) >= 11 is 0. The number of tetrazole rings is 1. The van der Waals surface area contributed by atoms with E-state index in [1.807, 2.05) is 69.3 Å². The number of aliphatic carboxylic acids is 1. The highest BCUT2D eigenvalue weighted by Crippen LogP contribution is 2.53. The standard InChI is InChI=1S/C24H27N5O3/c1-4-5-10-20(30)29(21(23(31)32)24(29,2)3)15-16-11-13-17(14-12-16)18-8-6-7-9-19(18)22-25-27-28-26-22/h6-9,11-14,21H,4-5,10,15H2,1-3H3,(H-,25,26,27,28,31,32)/p+1. The van der Waals surface area contributed by atoms with Gasteiger partial charge in [0.25, 0.3) is 0 Å². The van der Waals surface area contributed by atoms with Gasteiger partial charge in [-0.3, -0.25) is 0 Å². The van der Waals surface area contributed by atoms with E-state index >= 15 is 0 Å². The Hall–Kier alpha value is -3.39. The lowest BCUT2D eigenvalue weighted by Gasteiger charge is -2.21. The Morgan fingerprint density at radius 3 is 2.34 bits per heavy atom. The Kier molecular flexibility index (Phi) is 5.64. The van der Waals surface area contributed by atoms with Gasteiger partial charge in [-0.25, -0.2) is 14.1 Å². The largest absolute Gasteiger partial charge is 0.477 e. The fourth-order valence-electron chi connectivity index (χ4n) is 4.91. The van der Waals surface area contributed by atoms with E-state index in [1.165, 1.54) is 0 Å². The van der Waals surface area contributed by atoms with E-state index in [4.69, 9.17) is 0 Å². The predicted octanol–water partition coefficient (Wildman–Crippen LogP) is 3.81. The number of benzene rings is 2. The summed E-state index contributed by atoms with van der Waals surface area (Å²) in [7, 11) is 0. The molecule has 1 aliphatic rings. The number of hydrogen-bond donors (Lipinski definition) is 2. The predicted molar refractivity (Wildman–Crippen MR) is 119 cm³/mol. The van der Waals surface area contributed by atoms with Gasteiger partial charge in [0.2, 0.25) is 11.9 Å². The number of carbonyl (C=O) groups excluding carboxylic acids is 1. The summed E-state index contributed by atoms with van der Waals surface area (Å²) in [5, 5.41) is 24.1. The van der Waals surface area contributed by atoms with Gasteiger partial charge in [0.1, 0.15) is 6.54 Å². The van der Waals surface area contributed by atoms with Gasteiger partial charge in [0.05, 0.1) is 6.42 Å². The highest BCUT2D eigenvalue weighted by molar-refractivity contribution is 5.84. The lowest BCUT2D eigenvalue weighted by molar-refractivity contribution is -0.772. The smallest absolute Gasteiger partial charge is 0.369 e. The van der Waals surface area contributed by atoms with Crippen molar-refractivity contribution in [3.05, 3.63) is 54.1 Å². The normalized spacial score (nSPS) is 21.3. The highest BCUT2D eigenvalue weighted by atomic mass is 16.4. The number of H-pyrrole nitrogens is 1. The van der Waals surface area contributed by atoms with Crippen LogP contribution in [0.2, 0.25) is 0 Å². The summed E-state index contributed by atoms with van der Waals surface area (Å²) in [5.74, 6) is -0.382. The Balaban J connectivity index is 1.64. The molecule has 2 N–H and O–H groups in total. The van der Waals surface area contributed by atoms with Crippen LogP contribution in [0.5, 0.6) is 0 Å². The molecule has 0 bridgehead atoms. The molecule has 8 heteroatoms. The van der Waals surface area contributed by atoms with E-state index in [-0.39, 0.29) is 10.4 Å². The number of aromatic amines is 1. The lowest BCUT2D eigenvalue weighted by atomic mass is 9.98. The third-order valence-corrected chi connectivity index (χ3v) is 6.70. The fraction of sp³-hybridized carbons (Fsp3) is 0.375. The van der Waals surface area contributed by atoms with Crippen molar-refractivity contribution in [3.63, 3.8) is 0 Å². The first-order valence-corrected chi connectivity index (χ1v) is 10.9. The molecule has 32 heavy (non-hydrogen) atoms. The fourth-order valence-corrected chi connectivity index (χ4v) is 4.91. The number of hydrogen-bond acceptors (Lipinski definition) is 5. The van der Waals surface area contributed by atoms with Crippen LogP contribution < -0.4 is 0 Å². The molecule has 2 aromatic carbocycles. The number of carbonyl (C=O) groups is 2. The van der Waals surface area contributed by atoms with E-state index in [0.717, 1.165) is 35.1 Å². The third-order valence-electron chi connectivity index (χ3n) is 6.70. The van der Waals surface area contributed by atoms with Gasteiger partial charge in [-0.05, 0) is 36.6 Å². The van der Waals surface area contributed by atoms with Crippen LogP contribution in [0.1, 0.15) is 45.6 Å². The second-order valence-corrected chi connectivity index (χ2v) is 8.90. The molecule has 8 nitrogen and oxygen atoms in total. The minimum absolute atomic E-state index is 0.00998. The second-order valence-electron chi connectivity index (χ2n) is 8.90. The van der Waals surface area contributed by atoms with Gasteiger partial charge >= 0.3 is 11.9 Å². The number of amides is 1. The molecule has 0 aliphatic carbocycles. The zero-order chi connectivity index (χ0) is 22.9. The van der Waals surface area contributed by atoms with Crippen molar-refractivity contribution in [2.24, 2.45) is 0 Å². The monoisotopic (exact) mass is 434 g/mol. The Bertz CT molecular complexity index is 1120. The maximum Gasteiger partial charge on any atom is 0.369 e. The number of carboxylic acid groups (broad SMARTS) is 1. The maximum absolute atomic E-state index is 13.2. The van der Waals surface area contributed by atoms with Crippen LogP contribution in [0.4, 0.5) is 0 Å². The summed E-state index contributed by atoms with van der Waals surface area (Å²) in [6.45, 7) is 6.17. The topological polar surface area (TPSA) is 109 Å². The minimum Gasteiger partial charge on any atom is -0.477 e. The average molecular weight is 435 g/mol. The second kappa shape index (κ2) is 8.27. The molecule has 3 aromatic rings. The Morgan fingerprint density at radius 1 is 1.09 bits per heavy atom. The van der Waals surface area contributed by atoms with Crippen molar-refractivity contribution in [1.82, 2.24) is 20.6 Å². The number of unbranched alkanes of at least 4 members (excludes halogenated alkanes) is 1. The van der Waals surface area contributed by atoms with Gasteiger partial charge in [-0.2, -0.15) is 5.21 Å². The SMILES string of the molecule is CCCCC(=O)[N+]1(Cc2ccc(-c3ccccc3-c3nn[nH]n3)cc2)C(C(=O)O)C1(C)C. The number of carboxylic acids is 1. The zero-order valence-corrected chi connectivity index (χ0v) is 18.6. The number of nitrogens with one attached hydrogen (secondary N) is 1.